The molecule has 0 aliphatic carbocycles. The molecule has 0 bridgehead atoms. The highest BCUT2D eigenvalue weighted by molar-refractivity contribution is 7.99. The molecule has 0 atom stereocenters. The van der Waals surface area contributed by atoms with Crippen LogP contribution in [0.25, 0.3) is 6.08 Å². The summed E-state index contributed by atoms with van der Waals surface area (Å²) in [5, 5.41) is 0. The van der Waals surface area contributed by atoms with E-state index in [0.717, 1.165) is 17.1 Å². The molecule has 0 amide bonds. The summed E-state index contributed by atoms with van der Waals surface area (Å²) in [7, 11) is 0. The average Bonchev–Trinajstić information content (AvgIpc) is 2.55. The Morgan fingerprint density at radius 2 is 1.82 bits per heavy atom. The van der Waals surface area contributed by atoms with Crippen molar-refractivity contribution in [1.82, 2.24) is 0 Å². The lowest BCUT2D eigenvalue weighted by atomic mass is 10.1. The summed E-state index contributed by atoms with van der Waals surface area (Å²) in [5.41, 5.74) is 1.61. The van der Waals surface area contributed by atoms with Crippen LogP contribution < -0.4 is 4.74 Å². The van der Waals surface area contributed by atoms with Crippen LogP contribution in [0.1, 0.15) is 29.8 Å². The topological polar surface area (TPSA) is 26.3 Å². The predicted octanol–water partition coefficient (Wildman–Crippen LogP) is 5.09. The summed E-state index contributed by atoms with van der Waals surface area (Å²) in [6.07, 6.45) is 3.40. The van der Waals surface area contributed by atoms with Gasteiger partial charge in [-0.1, -0.05) is 25.1 Å². The summed E-state index contributed by atoms with van der Waals surface area (Å²) in [6.45, 7) is 4.67. The van der Waals surface area contributed by atoms with Crippen LogP contribution in [-0.4, -0.2) is 18.1 Å². The molecule has 0 spiro atoms. The molecule has 0 aliphatic heterocycles. The highest BCUT2D eigenvalue weighted by Gasteiger charge is 2.03. The predicted molar refractivity (Wildman–Crippen MR) is 93.8 cm³/mol. The van der Waals surface area contributed by atoms with Gasteiger partial charge in [-0.2, -0.15) is 0 Å². The van der Waals surface area contributed by atoms with Gasteiger partial charge in [-0.25, -0.2) is 0 Å². The third kappa shape index (κ3) is 4.50. The second-order valence-electron chi connectivity index (χ2n) is 4.63. The van der Waals surface area contributed by atoms with Crippen LogP contribution in [0.15, 0.2) is 59.5 Å². The Hall–Kier alpha value is -2.00. The molecule has 0 fully saturated rings. The van der Waals surface area contributed by atoms with Crippen molar-refractivity contribution in [3.05, 3.63) is 65.7 Å². The fourth-order valence-corrected chi connectivity index (χ4v) is 2.71. The van der Waals surface area contributed by atoms with Gasteiger partial charge in [0.2, 0.25) is 0 Å². The number of ketones is 1. The Balaban J connectivity index is 2.11. The standard InChI is InChI=1S/C19H20O2S/c1-3-21-19-8-6-5-7-16(19)11-14-18(20)15-9-12-17(13-10-15)22-4-2/h5-14H,3-4H2,1-2H3. The van der Waals surface area contributed by atoms with Gasteiger partial charge in [0.05, 0.1) is 6.61 Å². The van der Waals surface area contributed by atoms with E-state index in [0.29, 0.717) is 12.2 Å². The van der Waals surface area contributed by atoms with Crippen LogP contribution >= 0.6 is 11.8 Å². The molecule has 0 aromatic heterocycles. The van der Waals surface area contributed by atoms with Crippen molar-refractivity contribution in [3.8, 4) is 5.75 Å². The van der Waals surface area contributed by atoms with Gasteiger partial charge in [-0.15, -0.1) is 11.8 Å². The number of allylic oxidation sites excluding steroid dienone is 1. The van der Waals surface area contributed by atoms with Gasteiger partial charge < -0.3 is 4.74 Å². The largest absolute Gasteiger partial charge is 0.493 e. The fourth-order valence-electron chi connectivity index (χ4n) is 2.05. The van der Waals surface area contributed by atoms with Gasteiger partial charge in [0.25, 0.3) is 0 Å². The molecule has 0 unspecified atom stereocenters. The fraction of sp³-hybridized carbons (Fsp3) is 0.211. The van der Waals surface area contributed by atoms with Gasteiger partial charge in [0.1, 0.15) is 5.75 Å². The van der Waals surface area contributed by atoms with Gasteiger partial charge in [-0.05, 0) is 55.2 Å². The number of carbonyl (C=O) groups excluding carboxylic acids is 1. The van der Waals surface area contributed by atoms with E-state index in [2.05, 4.69) is 6.92 Å². The number of thioether (sulfide) groups is 1. The number of hydrogen-bond acceptors (Lipinski definition) is 3. The van der Waals surface area contributed by atoms with Gasteiger partial charge >= 0.3 is 0 Å². The number of ether oxygens (including phenoxy) is 1. The first-order valence-electron chi connectivity index (χ1n) is 7.41. The summed E-state index contributed by atoms with van der Waals surface area (Å²) in [4.78, 5) is 13.4. The second kappa shape index (κ2) is 8.44. The maximum absolute atomic E-state index is 12.2. The van der Waals surface area contributed by atoms with Crippen LogP contribution in [0.3, 0.4) is 0 Å². The molecule has 0 saturated carbocycles. The lowest BCUT2D eigenvalue weighted by Gasteiger charge is -2.06. The smallest absolute Gasteiger partial charge is 0.185 e. The van der Waals surface area contributed by atoms with Crippen LogP contribution in [0.2, 0.25) is 0 Å². The number of carbonyl (C=O) groups is 1. The molecule has 2 aromatic carbocycles. The maximum Gasteiger partial charge on any atom is 0.185 e. The van der Waals surface area contributed by atoms with Crippen molar-refractivity contribution in [3.63, 3.8) is 0 Å². The Kier molecular flexibility index (Phi) is 6.28. The molecule has 0 radical (unpaired) electrons. The summed E-state index contributed by atoms with van der Waals surface area (Å²) < 4.78 is 5.55. The second-order valence-corrected chi connectivity index (χ2v) is 5.96. The molecule has 2 nitrogen and oxygen atoms in total. The van der Waals surface area contributed by atoms with Crippen LogP contribution in [0.5, 0.6) is 5.75 Å². The first kappa shape index (κ1) is 16.4. The van der Waals surface area contributed by atoms with Gasteiger partial charge in [0, 0.05) is 16.0 Å². The Bertz CT molecular complexity index is 645. The number of hydrogen-bond donors (Lipinski definition) is 0. The highest BCUT2D eigenvalue weighted by Crippen LogP contribution is 2.21. The van der Waals surface area contributed by atoms with E-state index in [1.54, 1.807) is 17.8 Å². The minimum absolute atomic E-state index is 0.000602. The number of rotatable bonds is 7. The molecule has 114 valence electrons. The summed E-state index contributed by atoms with van der Waals surface area (Å²) in [5.74, 6) is 1.82. The summed E-state index contributed by atoms with van der Waals surface area (Å²) in [6, 6.07) is 15.4. The molecule has 0 aliphatic rings. The Morgan fingerprint density at radius 1 is 1.09 bits per heavy atom. The van der Waals surface area contributed by atoms with Gasteiger partial charge in [0.15, 0.2) is 5.78 Å². The minimum Gasteiger partial charge on any atom is -0.493 e. The number of benzene rings is 2. The minimum atomic E-state index is -0.000602. The van der Waals surface area contributed by atoms with Crippen molar-refractivity contribution in [1.29, 1.82) is 0 Å². The molecule has 2 rings (SSSR count). The zero-order valence-electron chi connectivity index (χ0n) is 12.9. The van der Waals surface area contributed by atoms with Crippen molar-refractivity contribution in [2.24, 2.45) is 0 Å². The van der Waals surface area contributed by atoms with Crippen LogP contribution in [-0.2, 0) is 0 Å². The Morgan fingerprint density at radius 3 is 2.50 bits per heavy atom. The SMILES string of the molecule is CCOc1ccccc1C=CC(=O)c1ccc(SCC)cc1. The van der Waals surface area contributed by atoms with E-state index in [9.17, 15) is 4.79 Å². The lowest BCUT2D eigenvalue weighted by Crippen LogP contribution is -1.95. The molecular formula is C19H20O2S. The van der Waals surface area contributed by atoms with Crippen LogP contribution in [0.4, 0.5) is 0 Å². The van der Waals surface area contributed by atoms with E-state index in [1.807, 2.05) is 61.5 Å². The highest BCUT2D eigenvalue weighted by atomic mass is 32.2. The van der Waals surface area contributed by atoms with Crippen molar-refractivity contribution >= 4 is 23.6 Å². The van der Waals surface area contributed by atoms with E-state index in [-0.39, 0.29) is 5.78 Å². The third-order valence-corrected chi connectivity index (χ3v) is 3.98. The molecular weight excluding hydrogens is 292 g/mol. The quantitative estimate of drug-likeness (QED) is 0.404. The van der Waals surface area contributed by atoms with E-state index in [1.165, 1.54) is 4.90 Å². The zero-order valence-corrected chi connectivity index (χ0v) is 13.7. The van der Waals surface area contributed by atoms with Crippen molar-refractivity contribution in [2.45, 2.75) is 18.7 Å². The van der Waals surface area contributed by atoms with Gasteiger partial charge in [-0.3, -0.25) is 4.79 Å². The van der Waals surface area contributed by atoms with Crippen LogP contribution in [0, 0.1) is 0 Å². The molecule has 0 saturated heterocycles. The van der Waals surface area contributed by atoms with Crippen molar-refractivity contribution < 1.29 is 9.53 Å². The normalized spacial score (nSPS) is 10.8. The Labute approximate surface area is 136 Å². The lowest BCUT2D eigenvalue weighted by molar-refractivity contribution is 0.104. The monoisotopic (exact) mass is 312 g/mol. The molecule has 3 heteroatoms. The van der Waals surface area contributed by atoms with E-state index in [4.69, 9.17) is 4.74 Å². The maximum atomic E-state index is 12.2. The molecule has 2 aromatic rings. The number of para-hydroxylation sites is 1. The average molecular weight is 312 g/mol. The summed E-state index contributed by atoms with van der Waals surface area (Å²) >= 11 is 1.77. The first-order valence-corrected chi connectivity index (χ1v) is 8.40. The van der Waals surface area contributed by atoms with E-state index < -0.39 is 0 Å². The third-order valence-electron chi connectivity index (χ3n) is 3.08. The molecule has 0 heterocycles. The van der Waals surface area contributed by atoms with Crippen molar-refractivity contribution in [2.75, 3.05) is 12.4 Å². The van der Waals surface area contributed by atoms with E-state index >= 15 is 0 Å². The molecule has 22 heavy (non-hydrogen) atoms. The first-order chi connectivity index (χ1) is 10.7. The molecule has 0 N–H and O–H groups in total. The zero-order chi connectivity index (χ0) is 15.8.